The minimum atomic E-state index is 0.239. The molecule has 0 aliphatic heterocycles. The molecular formula is C22H23N3. The minimum absolute atomic E-state index is 0.239. The van der Waals surface area contributed by atoms with E-state index in [1.807, 2.05) is 31.5 Å². The summed E-state index contributed by atoms with van der Waals surface area (Å²) in [7, 11) is 2.04. The Morgan fingerprint density at radius 1 is 1.32 bits per heavy atom. The number of amidine groups is 1. The van der Waals surface area contributed by atoms with Gasteiger partial charge >= 0.3 is 0 Å². The van der Waals surface area contributed by atoms with Crippen molar-refractivity contribution in [2.24, 2.45) is 10.9 Å². The molecule has 0 spiro atoms. The molecule has 1 aromatic heterocycles. The van der Waals surface area contributed by atoms with Gasteiger partial charge in [0, 0.05) is 42.3 Å². The lowest BCUT2D eigenvalue weighted by Gasteiger charge is -2.24. The third kappa shape index (κ3) is 3.94. The molecule has 3 nitrogen and oxygen atoms in total. The van der Waals surface area contributed by atoms with Crippen LogP contribution in [0.3, 0.4) is 0 Å². The Bertz CT molecular complexity index is 831. The van der Waals surface area contributed by atoms with Gasteiger partial charge in [-0.3, -0.25) is 4.98 Å². The maximum atomic E-state index is 5.01. The number of pyridine rings is 1. The Balaban J connectivity index is 2.07. The van der Waals surface area contributed by atoms with Crippen LogP contribution in [-0.4, -0.2) is 17.9 Å². The summed E-state index contributed by atoms with van der Waals surface area (Å²) in [4.78, 5) is 11.4. The van der Waals surface area contributed by atoms with E-state index in [2.05, 4.69) is 65.9 Å². The van der Waals surface area contributed by atoms with Gasteiger partial charge in [0.2, 0.25) is 0 Å². The zero-order chi connectivity index (χ0) is 17.6. The van der Waals surface area contributed by atoms with E-state index >= 15 is 0 Å². The van der Waals surface area contributed by atoms with Crippen LogP contribution < -0.4 is 4.90 Å². The molecule has 25 heavy (non-hydrogen) atoms. The number of aromatic nitrogens is 1. The quantitative estimate of drug-likeness (QED) is 0.452. The van der Waals surface area contributed by atoms with Crippen LogP contribution in [-0.2, 0) is 0 Å². The molecule has 0 saturated carbocycles. The molecule has 1 heterocycles. The fourth-order valence-electron chi connectivity index (χ4n) is 2.88. The number of hydrogen-bond donors (Lipinski definition) is 0. The van der Waals surface area contributed by atoms with Gasteiger partial charge in [0.1, 0.15) is 5.84 Å². The van der Waals surface area contributed by atoms with Gasteiger partial charge < -0.3 is 4.90 Å². The van der Waals surface area contributed by atoms with E-state index in [9.17, 15) is 0 Å². The summed E-state index contributed by atoms with van der Waals surface area (Å²) < 4.78 is 0. The van der Waals surface area contributed by atoms with Crippen molar-refractivity contribution in [1.82, 2.24) is 4.98 Å². The first-order valence-electron chi connectivity index (χ1n) is 8.48. The Morgan fingerprint density at radius 2 is 2.20 bits per heavy atom. The van der Waals surface area contributed by atoms with Crippen LogP contribution in [0.1, 0.15) is 17.5 Å². The van der Waals surface area contributed by atoms with Crippen LogP contribution in [0.15, 0.2) is 90.4 Å². The van der Waals surface area contributed by atoms with Gasteiger partial charge in [-0.05, 0) is 49.2 Å². The fraction of sp³-hybridized carbons (Fsp3) is 0.182. The highest BCUT2D eigenvalue weighted by molar-refractivity contribution is 6.10. The van der Waals surface area contributed by atoms with Crippen LogP contribution in [0.25, 0.3) is 0 Å². The van der Waals surface area contributed by atoms with E-state index in [1.165, 1.54) is 5.56 Å². The van der Waals surface area contributed by atoms with E-state index in [1.54, 1.807) is 6.20 Å². The number of aryl methyl sites for hydroxylation is 1. The molecule has 0 saturated heterocycles. The lowest BCUT2D eigenvalue weighted by atomic mass is 9.97. The zero-order valence-electron chi connectivity index (χ0n) is 14.8. The largest absolute Gasteiger partial charge is 0.329 e. The lowest BCUT2D eigenvalue weighted by molar-refractivity contribution is 0.755. The van der Waals surface area contributed by atoms with E-state index in [0.29, 0.717) is 0 Å². The highest BCUT2D eigenvalue weighted by atomic mass is 15.2. The van der Waals surface area contributed by atoms with Gasteiger partial charge in [-0.15, -0.1) is 6.58 Å². The smallest absolute Gasteiger partial charge is 0.141 e. The Morgan fingerprint density at radius 3 is 2.92 bits per heavy atom. The van der Waals surface area contributed by atoms with Crippen LogP contribution in [0.5, 0.6) is 0 Å². The molecule has 3 heteroatoms. The van der Waals surface area contributed by atoms with Crippen LogP contribution >= 0.6 is 0 Å². The first kappa shape index (κ1) is 16.9. The molecule has 0 N–H and O–H groups in total. The average Bonchev–Trinajstić information content (AvgIpc) is 2.66. The van der Waals surface area contributed by atoms with Gasteiger partial charge in [0.25, 0.3) is 0 Å². The first-order valence-corrected chi connectivity index (χ1v) is 8.48. The third-order valence-electron chi connectivity index (χ3n) is 4.32. The van der Waals surface area contributed by atoms with Gasteiger partial charge in [-0.1, -0.05) is 30.4 Å². The third-order valence-corrected chi connectivity index (χ3v) is 4.32. The predicted octanol–water partition coefficient (Wildman–Crippen LogP) is 4.92. The van der Waals surface area contributed by atoms with Crippen LogP contribution in [0, 0.1) is 12.8 Å². The molecule has 1 aliphatic carbocycles. The SMILES string of the molecule is C=CC1CC=CC=C1N=C(c1cccnc1)N(C)c1cccc(C)c1. The molecular weight excluding hydrogens is 306 g/mol. The molecule has 1 aliphatic rings. The summed E-state index contributed by atoms with van der Waals surface area (Å²) in [5.74, 6) is 1.12. The Hall–Kier alpha value is -2.94. The van der Waals surface area contributed by atoms with Crippen molar-refractivity contribution in [1.29, 1.82) is 0 Å². The molecule has 0 fully saturated rings. The van der Waals surface area contributed by atoms with Gasteiger partial charge in [-0.2, -0.15) is 0 Å². The number of anilines is 1. The summed E-state index contributed by atoms with van der Waals surface area (Å²) in [6.07, 6.45) is 12.8. The molecule has 1 atom stereocenters. The molecule has 126 valence electrons. The molecule has 1 aromatic carbocycles. The molecule has 2 aromatic rings. The fourth-order valence-corrected chi connectivity index (χ4v) is 2.88. The summed E-state index contributed by atoms with van der Waals surface area (Å²) >= 11 is 0. The number of nitrogens with zero attached hydrogens (tertiary/aromatic N) is 3. The number of allylic oxidation sites excluding steroid dienone is 4. The average molecular weight is 329 g/mol. The van der Waals surface area contributed by atoms with Crippen molar-refractivity contribution in [2.75, 3.05) is 11.9 Å². The van der Waals surface area contributed by atoms with Crippen molar-refractivity contribution in [3.05, 3.63) is 96.5 Å². The van der Waals surface area contributed by atoms with Gasteiger partial charge in [0.15, 0.2) is 0 Å². The summed E-state index contributed by atoms with van der Waals surface area (Å²) in [5.41, 5.74) is 4.34. The zero-order valence-corrected chi connectivity index (χ0v) is 14.8. The second-order valence-electron chi connectivity index (χ2n) is 6.17. The van der Waals surface area contributed by atoms with Crippen LogP contribution in [0.4, 0.5) is 5.69 Å². The van der Waals surface area contributed by atoms with Gasteiger partial charge in [0.05, 0.1) is 0 Å². The van der Waals surface area contributed by atoms with Crippen molar-refractivity contribution < 1.29 is 0 Å². The predicted molar refractivity (Wildman–Crippen MR) is 106 cm³/mol. The molecule has 0 bridgehead atoms. The summed E-state index contributed by atoms with van der Waals surface area (Å²) in [6, 6.07) is 12.4. The van der Waals surface area contributed by atoms with Crippen molar-refractivity contribution >= 4 is 11.5 Å². The Labute approximate surface area is 149 Å². The maximum Gasteiger partial charge on any atom is 0.141 e. The monoisotopic (exact) mass is 329 g/mol. The summed E-state index contributed by atoms with van der Waals surface area (Å²) in [6.45, 7) is 6.06. The van der Waals surface area contributed by atoms with E-state index in [4.69, 9.17) is 4.99 Å². The van der Waals surface area contributed by atoms with Crippen molar-refractivity contribution in [2.45, 2.75) is 13.3 Å². The van der Waals surface area contributed by atoms with E-state index in [0.717, 1.165) is 29.2 Å². The van der Waals surface area contributed by atoms with Crippen molar-refractivity contribution in [3.63, 3.8) is 0 Å². The van der Waals surface area contributed by atoms with Crippen LogP contribution in [0.2, 0.25) is 0 Å². The number of rotatable bonds is 4. The second kappa shape index (κ2) is 7.75. The highest BCUT2D eigenvalue weighted by Gasteiger charge is 2.17. The maximum absolute atomic E-state index is 5.01. The number of benzene rings is 1. The minimum Gasteiger partial charge on any atom is -0.329 e. The molecule has 0 radical (unpaired) electrons. The lowest BCUT2D eigenvalue weighted by Crippen LogP contribution is -2.28. The normalized spacial score (nSPS) is 17.1. The molecule has 3 rings (SSSR count). The van der Waals surface area contributed by atoms with E-state index < -0.39 is 0 Å². The number of aliphatic imine (C=N–C) groups is 1. The Kier molecular flexibility index (Phi) is 5.24. The number of hydrogen-bond acceptors (Lipinski definition) is 2. The van der Waals surface area contributed by atoms with Gasteiger partial charge in [-0.25, -0.2) is 4.99 Å². The topological polar surface area (TPSA) is 28.5 Å². The molecule has 1 unspecified atom stereocenters. The molecule has 0 amide bonds. The van der Waals surface area contributed by atoms with E-state index in [-0.39, 0.29) is 5.92 Å². The first-order chi connectivity index (χ1) is 12.2. The summed E-state index contributed by atoms with van der Waals surface area (Å²) in [5, 5.41) is 0. The van der Waals surface area contributed by atoms with Crippen molar-refractivity contribution in [3.8, 4) is 0 Å². The highest BCUT2D eigenvalue weighted by Crippen LogP contribution is 2.25. The standard InChI is InChI=1S/C22H23N3/c1-4-18-10-5-6-13-21(18)24-22(19-11-8-14-23-16-19)25(3)20-12-7-9-17(2)15-20/h4-9,11-16,18H,1,10H2,2-3H3. The second-order valence-corrected chi connectivity index (χ2v) is 6.17.